The fourth-order valence-electron chi connectivity index (χ4n) is 3.40. The van der Waals surface area contributed by atoms with E-state index in [-0.39, 0.29) is 17.5 Å². The van der Waals surface area contributed by atoms with Gasteiger partial charge in [-0.25, -0.2) is 4.39 Å². The van der Waals surface area contributed by atoms with Crippen LogP contribution in [0.4, 0.5) is 4.39 Å². The molecule has 2 N–H and O–H groups in total. The summed E-state index contributed by atoms with van der Waals surface area (Å²) in [5, 5.41) is 0.455. The normalized spacial score (nSPS) is 30.7. The number of halogens is 2. The van der Waals surface area contributed by atoms with Gasteiger partial charge in [-0.1, -0.05) is 17.7 Å². The van der Waals surface area contributed by atoms with Crippen LogP contribution in [-0.2, 0) is 15.9 Å². The summed E-state index contributed by atoms with van der Waals surface area (Å²) in [5.41, 5.74) is 7.17. The quantitative estimate of drug-likeness (QED) is 0.933. The summed E-state index contributed by atoms with van der Waals surface area (Å²) in [6, 6.07) is 4.52. The third kappa shape index (κ3) is 3.39. The van der Waals surface area contributed by atoms with Crippen LogP contribution >= 0.6 is 11.6 Å². The van der Waals surface area contributed by atoms with Gasteiger partial charge in [-0.2, -0.15) is 0 Å². The molecular weight excluding hydrogens is 293 g/mol. The highest BCUT2D eigenvalue weighted by Gasteiger charge is 2.42. The Hall–Kier alpha value is -0.680. The second-order valence-corrected chi connectivity index (χ2v) is 6.60. The molecule has 0 aromatic heterocycles. The molecule has 0 bridgehead atoms. The van der Waals surface area contributed by atoms with Crippen molar-refractivity contribution >= 4 is 11.6 Å². The van der Waals surface area contributed by atoms with Crippen LogP contribution in [0.15, 0.2) is 18.2 Å². The molecule has 3 rings (SSSR count). The maximum absolute atomic E-state index is 13.1. The largest absolute Gasteiger partial charge is 0.378 e. The van der Waals surface area contributed by atoms with Crippen molar-refractivity contribution in [1.29, 1.82) is 0 Å². The summed E-state index contributed by atoms with van der Waals surface area (Å²) in [6.07, 6.45) is 3.52. The Kier molecular flexibility index (Phi) is 4.50. The van der Waals surface area contributed by atoms with Gasteiger partial charge in [0.25, 0.3) is 0 Å². The van der Waals surface area contributed by atoms with Crippen molar-refractivity contribution in [3.05, 3.63) is 34.6 Å². The van der Waals surface area contributed by atoms with Gasteiger partial charge < -0.3 is 15.2 Å². The summed E-state index contributed by atoms with van der Waals surface area (Å²) in [4.78, 5) is 0. The van der Waals surface area contributed by atoms with E-state index in [4.69, 9.17) is 26.8 Å². The molecule has 3 atom stereocenters. The molecule has 2 heterocycles. The lowest BCUT2D eigenvalue weighted by atomic mass is 9.79. The van der Waals surface area contributed by atoms with Gasteiger partial charge in [0.15, 0.2) is 0 Å². The zero-order valence-electron chi connectivity index (χ0n) is 12.0. The van der Waals surface area contributed by atoms with Crippen LogP contribution in [0, 0.1) is 11.7 Å². The van der Waals surface area contributed by atoms with Crippen molar-refractivity contribution in [3.63, 3.8) is 0 Å². The van der Waals surface area contributed by atoms with Gasteiger partial charge in [-0.05, 0) is 42.9 Å². The van der Waals surface area contributed by atoms with Crippen molar-refractivity contribution in [3.8, 4) is 0 Å². The molecule has 5 heteroatoms. The van der Waals surface area contributed by atoms with Crippen molar-refractivity contribution in [2.24, 2.45) is 11.7 Å². The molecule has 1 spiro atoms. The molecule has 0 radical (unpaired) electrons. The molecule has 0 saturated carbocycles. The van der Waals surface area contributed by atoms with Crippen LogP contribution in [0.3, 0.4) is 0 Å². The first-order valence-corrected chi connectivity index (χ1v) is 7.87. The lowest BCUT2D eigenvalue weighted by Crippen LogP contribution is -2.46. The van der Waals surface area contributed by atoms with Crippen molar-refractivity contribution < 1.29 is 13.9 Å². The molecule has 116 valence electrons. The van der Waals surface area contributed by atoms with E-state index in [9.17, 15) is 4.39 Å². The minimum Gasteiger partial charge on any atom is -0.378 e. The molecule has 0 amide bonds. The van der Waals surface area contributed by atoms with Crippen LogP contribution in [0.25, 0.3) is 0 Å². The molecule has 3 nitrogen and oxygen atoms in total. The topological polar surface area (TPSA) is 44.5 Å². The second-order valence-electron chi connectivity index (χ2n) is 6.19. The van der Waals surface area contributed by atoms with Crippen LogP contribution in [-0.4, -0.2) is 31.5 Å². The highest BCUT2D eigenvalue weighted by atomic mass is 35.5. The number of ether oxygens (including phenoxy) is 2. The molecule has 1 aromatic carbocycles. The average molecular weight is 314 g/mol. The maximum Gasteiger partial charge on any atom is 0.124 e. The van der Waals surface area contributed by atoms with E-state index >= 15 is 0 Å². The third-order valence-corrected chi connectivity index (χ3v) is 5.03. The Labute approximate surface area is 129 Å². The molecule has 21 heavy (non-hydrogen) atoms. The SMILES string of the molecule is NC(Cc1ccc(F)cc1Cl)C1CCOC2(CCOC2)C1. The van der Waals surface area contributed by atoms with Gasteiger partial charge in [-0.3, -0.25) is 0 Å². The Morgan fingerprint density at radius 3 is 3.00 bits per heavy atom. The van der Waals surface area contributed by atoms with Crippen LogP contribution < -0.4 is 5.73 Å². The van der Waals surface area contributed by atoms with Gasteiger partial charge in [0.05, 0.1) is 12.2 Å². The fourth-order valence-corrected chi connectivity index (χ4v) is 3.65. The predicted octanol–water partition coefficient (Wildman–Crippen LogP) is 2.93. The van der Waals surface area contributed by atoms with Crippen molar-refractivity contribution in [1.82, 2.24) is 0 Å². The number of nitrogens with two attached hydrogens (primary N) is 1. The molecular formula is C16H21ClFNO2. The maximum atomic E-state index is 13.1. The average Bonchev–Trinajstić information content (AvgIpc) is 2.90. The zero-order valence-corrected chi connectivity index (χ0v) is 12.7. The first kappa shape index (κ1) is 15.2. The van der Waals surface area contributed by atoms with E-state index in [0.29, 0.717) is 24.0 Å². The Bertz CT molecular complexity index is 505. The Morgan fingerprint density at radius 2 is 2.29 bits per heavy atom. The summed E-state index contributed by atoms with van der Waals surface area (Å²) >= 11 is 6.09. The summed E-state index contributed by atoms with van der Waals surface area (Å²) in [5.74, 6) is 0.0759. The van der Waals surface area contributed by atoms with Gasteiger partial charge >= 0.3 is 0 Å². The van der Waals surface area contributed by atoms with E-state index in [1.807, 2.05) is 0 Å². The monoisotopic (exact) mass is 313 g/mol. The number of hydrogen-bond donors (Lipinski definition) is 1. The minimum atomic E-state index is -0.314. The molecule has 2 aliphatic heterocycles. The highest BCUT2D eigenvalue weighted by molar-refractivity contribution is 6.31. The van der Waals surface area contributed by atoms with Gasteiger partial charge in [-0.15, -0.1) is 0 Å². The zero-order chi connectivity index (χ0) is 14.9. The molecule has 2 aliphatic rings. The Morgan fingerprint density at radius 1 is 1.43 bits per heavy atom. The van der Waals surface area contributed by atoms with E-state index in [0.717, 1.165) is 38.0 Å². The van der Waals surface area contributed by atoms with E-state index < -0.39 is 0 Å². The van der Waals surface area contributed by atoms with E-state index in [1.54, 1.807) is 6.07 Å². The summed E-state index contributed by atoms with van der Waals surface area (Å²) in [7, 11) is 0. The molecule has 2 saturated heterocycles. The molecule has 2 fully saturated rings. The van der Waals surface area contributed by atoms with Crippen LogP contribution in [0.5, 0.6) is 0 Å². The Balaban J connectivity index is 1.65. The van der Waals surface area contributed by atoms with E-state index in [1.165, 1.54) is 12.1 Å². The standard InChI is InChI=1S/C16H21ClFNO2/c17-14-8-13(18)2-1-11(14)7-15(19)12-3-5-21-16(9-12)4-6-20-10-16/h1-2,8,12,15H,3-7,9-10,19H2. The molecule has 1 aromatic rings. The van der Waals surface area contributed by atoms with Gasteiger partial charge in [0.2, 0.25) is 0 Å². The van der Waals surface area contributed by atoms with Crippen LogP contribution in [0.1, 0.15) is 24.8 Å². The first-order chi connectivity index (χ1) is 10.1. The van der Waals surface area contributed by atoms with Gasteiger partial charge in [0.1, 0.15) is 5.82 Å². The second kappa shape index (κ2) is 6.21. The lowest BCUT2D eigenvalue weighted by molar-refractivity contribution is -0.101. The highest BCUT2D eigenvalue weighted by Crippen LogP contribution is 2.37. The number of benzene rings is 1. The predicted molar refractivity (Wildman–Crippen MR) is 79.9 cm³/mol. The summed E-state index contributed by atoms with van der Waals surface area (Å²) in [6.45, 7) is 2.18. The van der Waals surface area contributed by atoms with Crippen LogP contribution in [0.2, 0.25) is 5.02 Å². The first-order valence-electron chi connectivity index (χ1n) is 7.49. The fraction of sp³-hybridized carbons (Fsp3) is 0.625. The molecule has 0 aliphatic carbocycles. The summed E-state index contributed by atoms with van der Waals surface area (Å²) < 4.78 is 24.5. The van der Waals surface area contributed by atoms with E-state index in [2.05, 4.69) is 0 Å². The van der Waals surface area contributed by atoms with Crippen molar-refractivity contribution in [2.45, 2.75) is 37.3 Å². The number of rotatable bonds is 3. The van der Waals surface area contributed by atoms with Crippen molar-refractivity contribution in [2.75, 3.05) is 19.8 Å². The lowest BCUT2D eigenvalue weighted by Gasteiger charge is -2.39. The number of hydrogen-bond acceptors (Lipinski definition) is 3. The molecule has 3 unspecified atom stereocenters. The van der Waals surface area contributed by atoms with Gasteiger partial charge in [0, 0.05) is 30.7 Å². The minimum absolute atomic E-state index is 0.00864. The third-order valence-electron chi connectivity index (χ3n) is 4.67. The smallest absolute Gasteiger partial charge is 0.124 e.